The highest BCUT2D eigenvalue weighted by Gasteiger charge is 2.32. The Morgan fingerprint density at radius 2 is 1.86 bits per heavy atom. The van der Waals surface area contributed by atoms with Gasteiger partial charge in [-0.1, -0.05) is 12.1 Å². The number of aliphatic carboxylic acids is 1. The lowest BCUT2D eigenvalue weighted by Crippen LogP contribution is -2.42. The second-order valence-electron chi connectivity index (χ2n) is 4.18. The van der Waals surface area contributed by atoms with E-state index in [1.165, 1.54) is 0 Å². The van der Waals surface area contributed by atoms with Crippen LogP contribution in [0, 0.1) is 0 Å². The Balaban J connectivity index is 2.67. The molecule has 0 saturated heterocycles. The first-order valence-corrected chi connectivity index (χ1v) is 6.52. The first-order chi connectivity index (χ1) is 9.67. The minimum absolute atomic E-state index is 0.393. The molecule has 0 radical (unpaired) electrons. The van der Waals surface area contributed by atoms with E-state index in [-0.39, 0.29) is 0 Å². The van der Waals surface area contributed by atoms with E-state index in [1.807, 2.05) is 0 Å². The summed E-state index contributed by atoms with van der Waals surface area (Å²) in [5, 5.41) is 11.0. The summed E-state index contributed by atoms with van der Waals surface area (Å²) in [6, 6.07) is 6.57. The van der Waals surface area contributed by atoms with Crippen LogP contribution < -0.4 is 5.32 Å². The second-order valence-corrected chi connectivity index (χ2v) is 5.04. The molecule has 1 aromatic carbocycles. The third kappa shape index (κ3) is 7.09. The second kappa shape index (κ2) is 7.41. The van der Waals surface area contributed by atoms with Crippen LogP contribution in [0.4, 0.5) is 18.9 Å². The summed E-state index contributed by atoms with van der Waals surface area (Å²) in [7, 11) is 0. The Morgan fingerprint density at radius 1 is 1.24 bits per heavy atom. The molecule has 0 atom stereocenters. The maximum Gasteiger partial charge on any atom is 0.401 e. The van der Waals surface area contributed by atoms with E-state index >= 15 is 0 Å². The zero-order valence-electron chi connectivity index (χ0n) is 10.7. The number of nitrogens with one attached hydrogen (secondary N) is 1. The van der Waals surface area contributed by atoms with Gasteiger partial charge in [-0.05, 0) is 28.1 Å². The van der Waals surface area contributed by atoms with E-state index in [2.05, 4.69) is 21.2 Å². The predicted molar refractivity (Wildman–Crippen MR) is 72.9 cm³/mol. The van der Waals surface area contributed by atoms with Crippen molar-refractivity contribution in [2.75, 3.05) is 25.0 Å². The molecule has 0 heterocycles. The van der Waals surface area contributed by atoms with Crippen molar-refractivity contribution >= 4 is 33.5 Å². The first-order valence-electron chi connectivity index (χ1n) is 5.72. The number of alkyl halides is 3. The van der Waals surface area contributed by atoms with E-state index < -0.39 is 37.7 Å². The molecule has 0 aliphatic carbocycles. The number of rotatable bonds is 6. The van der Waals surface area contributed by atoms with Crippen molar-refractivity contribution < 1.29 is 27.9 Å². The number of amides is 1. The molecule has 9 heteroatoms. The van der Waals surface area contributed by atoms with Crippen molar-refractivity contribution in [1.29, 1.82) is 0 Å². The molecule has 1 rings (SSSR count). The molecule has 0 fully saturated rings. The number of carboxylic acids is 1. The van der Waals surface area contributed by atoms with Crippen LogP contribution in [0.15, 0.2) is 28.7 Å². The van der Waals surface area contributed by atoms with E-state index in [4.69, 9.17) is 5.11 Å². The number of hydrogen-bond donors (Lipinski definition) is 2. The Bertz CT molecular complexity index is 523. The maximum absolute atomic E-state index is 12.3. The van der Waals surface area contributed by atoms with Crippen LogP contribution in [0.1, 0.15) is 0 Å². The monoisotopic (exact) mass is 368 g/mol. The predicted octanol–water partition coefficient (Wildman–Crippen LogP) is 2.34. The molecule has 1 amide bonds. The van der Waals surface area contributed by atoms with Gasteiger partial charge >= 0.3 is 12.1 Å². The third-order valence-electron chi connectivity index (χ3n) is 2.28. The molecule has 0 aliphatic heterocycles. The van der Waals surface area contributed by atoms with Crippen LogP contribution in [-0.2, 0) is 9.59 Å². The number of carbonyl (C=O) groups is 2. The number of carbonyl (C=O) groups excluding carboxylic acids is 1. The van der Waals surface area contributed by atoms with Gasteiger partial charge in [0.05, 0.1) is 25.3 Å². The average molecular weight is 369 g/mol. The molecule has 0 saturated carbocycles. The van der Waals surface area contributed by atoms with Crippen molar-refractivity contribution in [1.82, 2.24) is 4.90 Å². The van der Waals surface area contributed by atoms with E-state index in [0.29, 0.717) is 15.1 Å². The van der Waals surface area contributed by atoms with E-state index in [9.17, 15) is 22.8 Å². The summed E-state index contributed by atoms with van der Waals surface area (Å²) < 4.78 is 37.5. The number of benzene rings is 1. The van der Waals surface area contributed by atoms with Gasteiger partial charge in [-0.3, -0.25) is 14.5 Å². The molecule has 0 bridgehead atoms. The third-order valence-corrected chi connectivity index (χ3v) is 2.97. The van der Waals surface area contributed by atoms with E-state index in [0.717, 1.165) is 0 Å². The maximum atomic E-state index is 12.3. The number of anilines is 1. The summed E-state index contributed by atoms with van der Waals surface area (Å²) in [5.41, 5.74) is 0.393. The van der Waals surface area contributed by atoms with Gasteiger partial charge in [-0.2, -0.15) is 13.2 Å². The van der Waals surface area contributed by atoms with Gasteiger partial charge in [0.25, 0.3) is 0 Å². The Labute approximate surface area is 126 Å². The zero-order chi connectivity index (χ0) is 16.0. The van der Waals surface area contributed by atoms with Crippen molar-refractivity contribution in [2.45, 2.75) is 6.18 Å². The normalized spacial score (nSPS) is 11.5. The van der Waals surface area contributed by atoms with Crippen molar-refractivity contribution in [3.63, 3.8) is 0 Å². The molecule has 0 aliphatic rings. The fraction of sp³-hybridized carbons (Fsp3) is 0.333. The number of nitrogens with zero attached hydrogens (tertiary/aromatic N) is 1. The number of hydrogen-bond acceptors (Lipinski definition) is 3. The van der Waals surface area contributed by atoms with Gasteiger partial charge in [0.2, 0.25) is 5.91 Å². The largest absolute Gasteiger partial charge is 0.480 e. The van der Waals surface area contributed by atoms with Crippen molar-refractivity contribution in [2.24, 2.45) is 0 Å². The standard InChI is InChI=1S/C12H12BrF3N2O3/c13-8-3-1-2-4-9(8)17-10(19)5-18(6-11(20)21)7-12(14,15)16/h1-4H,5-7H2,(H,17,19)(H,20,21). The average Bonchev–Trinajstić information content (AvgIpc) is 2.28. The molecule has 2 N–H and O–H groups in total. The minimum atomic E-state index is -4.58. The lowest BCUT2D eigenvalue weighted by Gasteiger charge is -2.21. The molecule has 0 aromatic heterocycles. The SMILES string of the molecule is O=C(O)CN(CC(=O)Nc1ccccc1Br)CC(F)(F)F. The summed E-state index contributed by atoms with van der Waals surface area (Å²) >= 11 is 3.18. The molecule has 0 unspecified atom stereocenters. The van der Waals surface area contributed by atoms with Gasteiger partial charge in [-0.15, -0.1) is 0 Å². The molecule has 21 heavy (non-hydrogen) atoms. The van der Waals surface area contributed by atoms with Crippen LogP contribution in [-0.4, -0.2) is 47.7 Å². The van der Waals surface area contributed by atoms with Gasteiger partial charge in [0.1, 0.15) is 0 Å². The highest BCUT2D eigenvalue weighted by Crippen LogP contribution is 2.21. The highest BCUT2D eigenvalue weighted by molar-refractivity contribution is 9.10. The van der Waals surface area contributed by atoms with Crippen LogP contribution in [0.5, 0.6) is 0 Å². The summed E-state index contributed by atoms with van der Waals surface area (Å²) in [6.07, 6.45) is -4.58. The van der Waals surface area contributed by atoms with Crippen LogP contribution in [0.2, 0.25) is 0 Å². The first kappa shape index (κ1) is 17.4. The summed E-state index contributed by atoms with van der Waals surface area (Å²) in [5.74, 6) is -2.17. The Morgan fingerprint density at radius 3 is 2.38 bits per heavy atom. The van der Waals surface area contributed by atoms with Gasteiger partial charge in [0, 0.05) is 4.47 Å². The summed E-state index contributed by atoms with van der Waals surface area (Å²) in [6.45, 7) is -3.02. The van der Waals surface area contributed by atoms with Gasteiger partial charge < -0.3 is 10.4 Å². The van der Waals surface area contributed by atoms with E-state index in [1.54, 1.807) is 24.3 Å². The molecular weight excluding hydrogens is 357 g/mol. The fourth-order valence-corrected chi connectivity index (χ4v) is 1.95. The highest BCUT2D eigenvalue weighted by atomic mass is 79.9. The van der Waals surface area contributed by atoms with Crippen molar-refractivity contribution in [3.05, 3.63) is 28.7 Å². The van der Waals surface area contributed by atoms with Gasteiger partial charge in [-0.25, -0.2) is 0 Å². The molecule has 1 aromatic rings. The van der Waals surface area contributed by atoms with Crippen molar-refractivity contribution in [3.8, 4) is 0 Å². The van der Waals surface area contributed by atoms with Crippen LogP contribution in [0.25, 0.3) is 0 Å². The van der Waals surface area contributed by atoms with Crippen LogP contribution in [0.3, 0.4) is 0 Å². The molecular formula is C12H12BrF3N2O3. The van der Waals surface area contributed by atoms with Gasteiger partial charge in [0.15, 0.2) is 0 Å². The number of halogens is 4. The minimum Gasteiger partial charge on any atom is -0.480 e. The smallest absolute Gasteiger partial charge is 0.401 e. The lowest BCUT2D eigenvalue weighted by atomic mass is 10.3. The Hall–Kier alpha value is -1.61. The molecule has 116 valence electrons. The zero-order valence-corrected chi connectivity index (χ0v) is 12.2. The number of para-hydroxylation sites is 1. The number of carboxylic acid groups (broad SMARTS) is 1. The lowest BCUT2D eigenvalue weighted by molar-refractivity contribution is -0.154. The molecule has 5 nitrogen and oxygen atoms in total. The fourth-order valence-electron chi connectivity index (χ4n) is 1.57. The summed E-state index contributed by atoms with van der Waals surface area (Å²) in [4.78, 5) is 22.8. The topological polar surface area (TPSA) is 69.6 Å². The quantitative estimate of drug-likeness (QED) is 0.808. The van der Waals surface area contributed by atoms with Crippen LogP contribution >= 0.6 is 15.9 Å². The molecule has 0 spiro atoms. The Kier molecular flexibility index (Phi) is 6.16.